The number of pyridine rings is 1. The van der Waals surface area contributed by atoms with Crippen molar-refractivity contribution in [2.45, 2.75) is 56.6 Å². The number of carbonyl (C=O) groups excluding carboxylic acids is 1. The van der Waals surface area contributed by atoms with E-state index in [0.717, 1.165) is 62.9 Å². The van der Waals surface area contributed by atoms with E-state index in [1.54, 1.807) is 17.9 Å². The van der Waals surface area contributed by atoms with Crippen LogP contribution < -0.4 is 5.32 Å². The molecule has 1 aliphatic heterocycles. The minimum atomic E-state index is -0.698. The first-order chi connectivity index (χ1) is 20.8. The maximum atomic E-state index is 15.6. The van der Waals surface area contributed by atoms with Gasteiger partial charge >= 0.3 is 0 Å². The Labute approximate surface area is 251 Å². The predicted octanol–water partition coefficient (Wildman–Crippen LogP) is 4.44. The van der Waals surface area contributed by atoms with Gasteiger partial charge in [0.15, 0.2) is 5.82 Å². The molecule has 2 fully saturated rings. The van der Waals surface area contributed by atoms with E-state index < -0.39 is 11.7 Å². The number of nitrogens with zero attached hydrogens (tertiary/aromatic N) is 7. The molecule has 43 heavy (non-hydrogen) atoms. The summed E-state index contributed by atoms with van der Waals surface area (Å²) >= 11 is 0. The number of aromatic nitrogens is 5. The quantitative estimate of drug-likeness (QED) is 0.314. The number of likely N-dealkylation sites (tertiary alicyclic amines) is 1. The molecule has 4 heterocycles. The Morgan fingerprint density at radius 3 is 2.58 bits per heavy atom. The summed E-state index contributed by atoms with van der Waals surface area (Å²) in [5.41, 5.74) is 3.52. The lowest BCUT2D eigenvalue weighted by Gasteiger charge is -2.33. The molecule has 1 amide bonds. The molecule has 0 bridgehead atoms. The zero-order valence-electron chi connectivity index (χ0n) is 25.2. The van der Waals surface area contributed by atoms with Crippen LogP contribution in [0.2, 0.25) is 0 Å². The monoisotopic (exact) mass is 588 g/mol. The van der Waals surface area contributed by atoms with Crippen molar-refractivity contribution in [2.75, 3.05) is 45.6 Å². The Morgan fingerprint density at radius 1 is 1.12 bits per heavy atom. The van der Waals surface area contributed by atoms with Crippen LogP contribution in [0.4, 0.5) is 10.3 Å². The van der Waals surface area contributed by atoms with E-state index >= 15 is 4.39 Å². The molecular weight excluding hydrogens is 547 g/mol. The highest BCUT2D eigenvalue weighted by Gasteiger charge is 2.28. The van der Waals surface area contributed by atoms with Gasteiger partial charge in [0.2, 0.25) is 5.95 Å². The van der Waals surface area contributed by atoms with E-state index in [-0.39, 0.29) is 23.4 Å². The fraction of sp³-hybridized carbons (Fsp3) is 0.500. The molecule has 3 aromatic heterocycles. The van der Waals surface area contributed by atoms with Gasteiger partial charge in [0.05, 0.1) is 28.9 Å². The number of benzene rings is 1. The number of carbonyl (C=O) groups is 1. The highest BCUT2D eigenvalue weighted by Crippen LogP contribution is 2.37. The first-order valence-corrected chi connectivity index (χ1v) is 15.3. The van der Waals surface area contributed by atoms with Gasteiger partial charge in [-0.15, -0.1) is 0 Å². The fourth-order valence-electron chi connectivity index (χ4n) is 6.50. The topological polar surface area (TPSA) is 104 Å². The molecular formula is C32H41FN8O2. The zero-order chi connectivity index (χ0) is 30.1. The SMILES string of the molecule is CN(C)CCN1CCC(c2ccc3nc(NC(=O)c4ccnc(-c5cnn(C)c5)c4F)n(C4CCC(O)CC4)c3c2)CC1. The van der Waals surface area contributed by atoms with Crippen molar-refractivity contribution < 1.29 is 14.3 Å². The summed E-state index contributed by atoms with van der Waals surface area (Å²) in [4.78, 5) is 27.3. The Hall–Kier alpha value is -3.67. The number of aliphatic hydroxyl groups is 1. The number of aliphatic hydroxyl groups excluding tert-OH is 1. The van der Waals surface area contributed by atoms with Crippen LogP contribution in [-0.4, -0.2) is 91.5 Å². The Morgan fingerprint density at radius 2 is 1.88 bits per heavy atom. The van der Waals surface area contributed by atoms with Crippen LogP contribution in [0, 0.1) is 5.82 Å². The lowest BCUT2D eigenvalue weighted by molar-refractivity contribution is 0.101. The Balaban J connectivity index is 1.29. The van der Waals surface area contributed by atoms with Crippen LogP contribution >= 0.6 is 0 Å². The van der Waals surface area contributed by atoms with Crippen molar-refractivity contribution in [1.82, 2.24) is 34.1 Å². The molecule has 0 atom stereocenters. The molecule has 0 unspecified atom stereocenters. The van der Waals surface area contributed by atoms with E-state index in [9.17, 15) is 9.90 Å². The molecule has 4 aromatic rings. The zero-order valence-corrected chi connectivity index (χ0v) is 25.2. The summed E-state index contributed by atoms with van der Waals surface area (Å²) < 4.78 is 19.2. The summed E-state index contributed by atoms with van der Waals surface area (Å²) in [7, 11) is 5.97. The largest absolute Gasteiger partial charge is 0.393 e. The normalized spacial score (nSPS) is 20.2. The van der Waals surface area contributed by atoms with E-state index in [2.05, 4.69) is 56.0 Å². The number of rotatable bonds is 8. The van der Waals surface area contributed by atoms with Gasteiger partial charge < -0.3 is 19.5 Å². The van der Waals surface area contributed by atoms with Crippen LogP contribution in [-0.2, 0) is 7.05 Å². The maximum Gasteiger partial charge on any atom is 0.261 e. The predicted molar refractivity (Wildman–Crippen MR) is 165 cm³/mol. The lowest BCUT2D eigenvalue weighted by Crippen LogP contribution is -2.37. The molecule has 2 N–H and O–H groups in total. The lowest BCUT2D eigenvalue weighted by atomic mass is 9.89. The average Bonchev–Trinajstić information content (AvgIpc) is 3.59. The number of halogens is 1. The van der Waals surface area contributed by atoms with Gasteiger partial charge in [-0.3, -0.25) is 19.8 Å². The van der Waals surface area contributed by atoms with Gasteiger partial charge in [-0.25, -0.2) is 9.37 Å². The molecule has 11 heteroatoms. The molecule has 1 aromatic carbocycles. The molecule has 1 saturated carbocycles. The average molecular weight is 589 g/mol. The summed E-state index contributed by atoms with van der Waals surface area (Å²) in [5, 5.41) is 17.2. The molecule has 2 aliphatic rings. The number of likely N-dealkylation sites (N-methyl/N-ethyl adjacent to an activating group) is 1. The molecule has 0 radical (unpaired) electrons. The van der Waals surface area contributed by atoms with Gasteiger partial charge in [-0.2, -0.15) is 5.10 Å². The van der Waals surface area contributed by atoms with Crippen molar-refractivity contribution in [3.8, 4) is 11.3 Å². The summed E-state index contributed by atoms with van der Waals surface area (Å²) in [6.45, 7) is 4.31. The van der Waals surface area contributed by atoms with Gasteiger partial charge in [-0.1, -0.05) is 6.07 Å². The minimum Gasteiger partial charge on any atom is -0.393 e. The van der Waals surface area contributed by atoms with Crippen LogP contribution in [0.15, 0.2) is 42.9 Å². The number of fused-ring (bicyclic) bond motifs is 1. The van der Waals surface area contributed by atoms with E-state index in [1.807, 2.05) is 6.07 Å². The van der Waals surface area contributed by atoms with Crippen molar-refractivity contribution in [3.63, 3.8) is 0 Å². The van der Waals surface area contributed by atoms with E-state index in [4.69, 9.17) is 4.98 Å². The van der Waals surface area contributed by atoms with Crippen molar-refractivity contribution in [3.05, 3.63) is 59.8 Å². The number of hydrogen-bond donors (Lipinski definition) is 2. The third-order valence-electron chi connectivity index (χ3n) is 9.00. The van der Waals surface area contributed by atoms with Gasteiger partial charge in [0.25, 0.3) is 5.91 Å². The number of anilines is 1. The van der Waals surface area contributed by atoms with Crippen molar-refractivity contribution in [1.29, 1.82) is 0 Å². The molecule has 0 spiro atoms. The maximum absolute atomic E-state index is 15.6. The van der Waals surface area contributed by atoms with Crippen molar-refractivity contribution in [2.24, 2.45) is 7.05 Å². The van der Waals surface area contributed by atoms with Crippen LogP contribution in [0.3, 0.4) is 0 Å². The van der Waals surface area contributed by atoms with Gasteiger partial charge in [0, 0.05) is 44.1 Å². The number of nitrogens with one attached hydrogen (secondary N) is 1. The van der Waals surface area contributed by atoms with Crippen LogP contribution in [0.25, 0.3) is 22.3 Å². The fourth-order valence-corrected chi connectivity index (χ4v) is 6.50. The Bertz CT molecular complexity index is 1580. The second kappa shape index (κ2) is 12.5. The van der Waals surface area contributed by atoms with Gasteiger partial charge in [-0.05, 0) is 95.4 Å². The summed E-state index contributed by atoms with van der Waals surface area (Å²) in [6, 6.07) is 7.90. The first kappa shape index (κ1) is 29.4. The molecule has 1 aliphatic carbocycles. The van der Waals surface area contributed by atoms with E-state index in [1.165, 1.54) is 24.0 Å². The smallest absolute Gasteiger partial charge is 0.261 e. The highest BCUT2D eigenvalue weighted by molar-refractivity contribution is 6.05. The van der Waals surface area contributed by atoms with Crippen LogP contribution in [0.1, 0.15) is 66.4 Å². The number of aryl methyl sites for hydroxylation is 1. The van der Waals surface area contributed by atoms with Crippen LogP contribution in [0.5, 0.6) is 0 Å². The number of piperidine rings is 1. The number of imidazole rings is 1. The molecule has 1 saturated heterocycles. The molecule has 228 valence electrons. The minimum absolute atomic E-state index is 0.0695. The van der Waals surface area contributed by atoms with Crippen molar-refractivity contribution >= 4 is 22.9 Å². The first-order valence-electron chi connectivity index (χ1n) is 15.3. The Kier molecular flexibility index (Phi) is 8.56. The summed E-state index contributed by atoms with van der Waals surface area (Å²) in [6.07, 6.45) is 9.45. The highest BCUT2D eigenvalue weighted by atomic mass is 19.1. The second-order valence-electron chi connectivity index (χ2n) is 12.3. The van der Waals surface area contributed by atoms with E-state index in [0.29, 0.717) is 30.3 Å². The van der Waals surface area contributed by atoms with Gasteiger partial charge in [0.1, 0.15) is 5.69 Å². The molecule has 10 nitrogen and oxygen atoms in total. The number of amides is 1. The third-order valence-corrected chi connectivity index (χ3v) is 9.00. The summed E-state index contributed by atoms with van der Waals surface area (Å²) in [5.74, 6) is -0.416. The third kappa shape index (κ3) is 6.34. The standard InChI is InChI=1S/C32H41FN8O2/c1-38(2)16-17-40-14-11-21(12-15-40)22-4-9-27-28(18-22)41(24-5-7-25(42)8-6-24)32(36-27)37-31(43)26-10-13-34-30(29(26)33)23-19-35-39(3)20-23/h4,9-10,13,18-21,24-25,42H,5-8,11-12,14-17H2,1-3H3,(H,36,37,43). The second-order valence-corrected chi connectivity index (χ2v) is 12.3. The molecule has 6 rings (SSSR count). The number of hydrogen-bond acceptors (Lipinski definition) is 7.